The van der Waals surface area contributed by atoms with Crippen LogP contribution in [0, 0.1) is 0 Å². The number of aromatic nitrogens is 1. The first-order chi connectivity index (χ1) is 13.8. The van der Waals surface area contributed by atoms with Crippen molar-refractivity contribution in [3.8, 4) is 22.3 Å². The van der Waals surface area contributed by atoms with Gasteiger partial charge in [0.15, 0.2) is 0 Å². The van der Waals surface area contributed by atoms with Gasteiger partial charge < -0.3 is 4.57 Å². The van der Waals surface area contributed by atoms with Crippen molar-refractivity contribution in [2.24, 2.45) is 0 Å². The van der Waals surface area contributed by atoms with E-state index in [9.17, 15) is 0 Å². The molecule has 0 atom stereocenters. The van der Waals surface area contributed by atoms with E-state index in [1.165, 1.54) is 44.1 Å². The van der Waals surface area contributed by atoms with E-state index in [-0.39, 0.29) is 0 Å². The molecule has 28 heavy (non-hydrogen) atoms. The Morgan fingerprint density at radius 3 is 1.32 bits per heavy atom. The van der Waals surface area contributed by atoms with Crippen LogP contribution in [-0.2, 0) is 0 Å². The molecular weight excluding hydrogens is 338 g/mol. The predicted octanol–water partition coefficient (Wildman–Crippen LogP) is 7.71. The zero-order valence-electron chi connectivity index (χ0n) is 16.3. The third kappa shape index (κ3) is 2.55. The third-order valence-corrected chi connectivity index (χ3v) is 5.53. The summed E-state index contributed by atoms with van der Waals surface area (Å²) in [4.78, 5) is 0. The Kier molecular flexibility index (Phi) is 4.02. The van der Waals surface area contributed by atoms with Crippen LogP contribution in [0.5, 0.6) is 0 Å². The topological polar surface area (TPSA) is 4.93 Å². The van der Waals surface area contributed by atoms with E-state index >= 15 is 0 Å². The number of fused-ring (bicyclic) bond motifs is 3. The second kappa shape index (κ2) is 6.69. The summed E-state index contributed by atoms with van der Waals surface area (Å²) >= 11 is 0. The van der Waals surface area contributed by atoms with E-state index < -0.39 is 0 Å². The van der Waals surface area contributed by atoms with Crippen molar-refractivity contribution in [3.63, 3.8) is 0 Å². The molecule has 0 aliphatic heterocycles. The van der Waals surface area contributed by atoms with Crippen molar-refractivity contribution in [3.05, 3.63) is 97.1 Å². The van der Waals surface area contributed by atoms with E-state index in [0.29, 0.717) is 6.04 Å². The average molecular weight is 361 g/mol. The van der Waals surface area contributed by atoms with Gasteiger partial charge in [0, 0.05) is 27.9 Å². The van der Waals surface area contributed by atoms with Gasteiger partial charge in [0.25, 0.3) is 0 Å². The van der Waals surface area contributed by atoms with E-state index in [1.807, 2.05) is 0 Å². The van der Waals surface area contributed by atoms with Gasteiger partial charge in [-0.2, -0.15) is 0 Å². The molecule has 0 saturated carbocycles. The Hall–Kier alpha value is -3.32. The lowest BCUT2D eigenvalue weighted by Gasteiger charge is -2.16. The Bertz CT molecular complexity index is 1160. The van der Waals surface area contributed by atoms with Gasteiger partial charge in [-0.15, -0.1) is 0 Å². The van der Waals surface area contributed by atoms with Crippen LogP contribution in [0.2, 0.25) is 0 Å². The van der Waals surface area contributed by atoms with Gasteiger partial charge in [0.2, 0.25) is 0 Å². The number of hydrogen-bond donors (Lipinski definition) is 0. The van der Waals surface area contributed by atoms with Gasteiger partial charge in [-0.1, -0.05) is 97.1 Å². The summed E-state index contributed by atoms with van der Waals surface area (Å²) < 4.78 is 2.52. The van der Waals surface area contributed by atoms with Crippen LogP contribution in [0.15, 0.2) is 97.1 Å². The summed E-state index contributed by atoms with van der Waals surface area (Å²) in [6.07, 6.45) is 0. The van der Waals surface area contributed by atoms with Gasteiger partial charge in [0.05, 0.1) is 11.0 Å². The van der Waals surface area contributed by atoms with Crippen molar-refractivity contribution in [1.29, 1.82) is 0 Å². The Labute approximate surface area is 165 Å². The molecule has 0 aliphatic rings. The quantitative estimate of drug-likeness (QED) is 0.310. The predicted molar refractivity (Wildman–Crippen MR) is 121 cm³/mol. The molecule has 0 amide bonds. The molecule has 0 saturated heterocycles. The van der Waals surface area contributed by atoms with E-state index in [4.69, 9.17) is 0 Å². The highest BCUT2D eigenvalue weighted by atomic mass is 15.0. The Morgan fingerprint density at radius 1 is 0.500 bits per heavy atom. The summed E-state index contributed by atoms with van der Waals surface area (Å²) in [6, 6.07) is 35.2. The highest BCUT2D eigenvalue weighted by molar-refractivity contribution is 6.16. The van der Waals surface area contributed by atoms with Crippen molar-refractivity contribution in [1.82, 2.24) is 4.57 Å². The minimum atomic E-state index is 0.356. The van der Waals surface area contributed by atoms with Gasteiger partial charge in [0.1, 0.15) is 0 Å². The number of benzene rings is 4. The van der Waals surface area contributed by atoms with Crippen LogP contribution in [0.3, 0.4) is 0 Å². The summed E-state index contributed by atoms with van der Waals surface area (Å²) in [5, 5.41) is 2.64. The van der Waals surface area contributed by atoms with Crippen molar-refractivity contribution in [2.75, 3.05) is 0 Å². The van der Waals surface area contributed by atoms with Crippen molar-refractivity contribution >= 4 is 21.8 Å². The smallest absolute Gasteiger partial charge is 0.0573 e. The molecule has 1 heteroatoms. The normalized spacial score (nSPS) is 11.5. The molecular formula is C27H23N. The first-order valence-electron chi connectivity index (χ1n) is 9.92. The zero-order valence-corrected chi connectivity index (χ0v) is 16.3. The molecule has 0 bridgehead atoms. The van der Waals surface area contributed by atoms with E-state index in [2.05, 4.69) is 115 Å². The molecule has 1 heterocycles. The first-order valence-corrected chi connectivity index (χ1v) is 9.92. The van der Waals surface area contributed by atoms with Crippen LogP contribution >= 0.6 is 0 Å². The maximum Gasteiger partial charge on any atom is 0.0573 e. The monoisotopic (exact) mass is 361 g/mol. The number of hydrogen-bond acceptors (Lipinski definition) is 0. The number of nitrogens with zero attached hydrogens (tertiary/aromatic N) is 1. The van der Waals surface area contributed by atoms with Crippen LogP contribution in [0.1, 0.15) is 19.9 Å². The van der Waals surface area contributed by atoms with Gasteiger partial charge in [-0.05, 0) is 25.0 Å². The van der Waals surface area contributed by atoms with Crippen LogP contribution in [-0.4, -0.2) is 4.57 Å². The molecule has 0 aliphatic carbocycles. The summed E-state index contributed by atoms with van der Waals surface area (Å²) in [5.41, 5.74) is 7.76. The molecule has 5 rings (SSSR count). The van der Waals surface area contributed by atoms with E-state index in [0.717, 1.165) is 0 Å². The third-order valence-electron chi connectivity index (χ3n) is 5.53. The lowest BCUT2D eigenvalue weighted by Crippen LogP contribution is -2.02. The molecule has 4 aromatic carbocycles. The summed E-state index contributed by atoms with van der Waals surface area (Å²) in [7, 11) is 0. The van der Waals surface area contributed by atoms with Crippen molar-refractivity contribution in [2.45, 2.75) is 19.9 Å². The lowest BCUT2D eigenvalue weighted by atomic mass is 10.0. The fourth-order valence-electron chi connectivity index (χ4n) is 4.37. The maximum atomic E-state index is 2.52. The summed E-state index contributed by atoms with van der Waals surface area (Å²) in [5.74, 6) is 0. The van der Waals surface area contributed by atoms with Gasteiger partial charge >= 0.3 is 0 Å². The SMILES string of the molecule is CC(C)n1c2c(-c3ccccc3)cccc2c2cccc(-c3ccccc3)c21. The van der Waals surface area contributed by atoms with Crippen LogP contribution in [0.4, 0.5) is 0 Å². The Morgan fingerprint density at radius 2 is 0.929 bits per heavy atom. The zero-order chi connectivity index (χ0) is 19.1. The van der Waals surface area contributed by atoms with Gasteiger partial charge in [-0.3, -0.25) is 0 Å². The maximum absolute atomic E-state index is 2.52. The highest BCUT2D eigenvalue weighted by Crippen LogP contribution is 2.41. The lowest BCUT2D eigenvalue weighted by molar-refractivity contribution is 0.643. The fourth-order valence-corrected chi connectivity index (χ4v) is 4.37. The molecule has 1 nitrogen and oxygen atoms in total. The second-order valence-corrected chi connectivity index (χ2v) is 7.60. The number of para-hydroxylation sites is 2. The number of rotatable bonds is 3. The minimum absolute atomic E-state index is 0.356. The summed E-state index contributed by atoms with van der Waals surface area (Å²) in [6.45, 7) is 4.56. The van der Waals surface area contributed by atoms with Gasteiger partial charge in [-0.25, -0.2) is 0 Å². The standard InChI is InChI=1S/C27H23N/c1-19(2)28-26-22(20-11-5-3-6-12-20)15-9-17-24(26)25-18-10-16-23(27(25)28)21-13-7-4-8-14-21/h3-19H,1-2H3. The van der Waals surface area contributed by atoms with Crippen molar-refractivity contribution < 1.29 is 0 Å². The fraction of sp³-hybridized carbons (Fsp3) is 0.111. The molecule has 5 aromatic rings. The molecule has 136 valence electrons. The molecule has 0 spiro atoms. The second-order valence-electron chi connectivity index (χ2n) is 7.60. The molecule has 1 aromatic heterocycles. The highest BCUT2D eigenvalue weighted by Gasteiger charge is 2.19. The molecule has 0 N–H and O–H groups in total. The van der Waals surface area contributed by atoms with Crippen LogP contribution < -0.4 is 0 Å². The minimum Gasteiger partial charge on any atom is -0.337 e. The molecule has 0 fully saturated rings. The average Bonchev–Trinajstić information content (AvgIpc) is 3.10. The molecule has 0 unspecified atom stereocenters. The van der Waals surface area contributed by atoms with E-state index in [1.54, 1.807) is 0 Å². The van der Waals surface area contributed by atoms with Crippen LogP contribution in [0.25, 0.3) is 44.1 Å². The largest absolute Gasteiger partial charge is 0.337 e. The first kappa shape index (κ1) is 16.8. The molecule has 0 radical (unpaired) electrons. The Balaban J connectivity index is 1.96.